The molecule has 0 saturated carbocycles. The molecule has 0 radical (unpaired) electrons. The number of hydrogen-bond acceptors (Lipinski definition) is 9. The maximum absolute atomic E-state index is 13.6. The van der Waals surface area contributed by atoms with E-state index in [2.05, 4.69) is 38.2 Å². The van der Waals surface area contributed by atoms with E-state index in [0.29, 0.717) is 45.2 Å². The van der Waals surface area contributed by atoms with Crippen LogP contribution in [-0.4, -0.2) is 104 Å². The molecule has 5 N–H and O–H groups in total. The van der Waals surface area contributed by atoms with Crippen LogP contribution < -0.4 is 26.6 Å². The van der Waals surface area contributed by atoms with E-state index in [1.807, 2.05) is 11.8 Å². The van der Waals surface area contributed by atoms with Gasteiger partial charge in [-0.1, -0.05) is 6.92 Å². The molecule has 5 fully saturated rings. The number of piperidine rings is 3. The summed E-state index contributed by atoms with van der Waals surface area (Å²) in [6, 6.07) is 0.405. The lowest BCUT2D eigenvalue weighted by atomic mass is 9.70. The highest BCUT2D eigenvalue weighted by Crippen LogP contribution is 2.39. The van der Waals surface area contributed by atoms with Crippen molar-refractivity contribution in [3.8, 4) is 0 Å². The first-order chi connectivity index (χ1) is 19.1. The molecular weight excluding hydrogens is 566 g/mol. The van der Waals surface area contributed by atoms with Gasteiger partial charge in [0.1, 0.15) is 11.7 Å². The van der Waals surface area contributed by atoms with Gasteiger partial charge in [0.15, 0.2) is 0 Å². The number of nitrogens with one attached hydrogen (secondary N) is 5. The summed E-state index contributed by atoms with van der Waals surface area (Å²) in [5.41, 5.74) is -0.337. The van der Waals surface area contributed by atoms with Crippen LogP contribution in [0.4, 0.5) is 8.78 Å². The van der Waals surface area contributed by atoms with Gasteiger partial charge in [-0.25, -0.2) is 0 Å². The van der Waals surface area contributed by atoms with Crippen molar-refractivity contribution >= 4 is 35.2 Å². The Hall–Kier alpha value is -0.800. The molecule has 0 spiro atoms. The minimum absolute atomic E-state index is 0.0206. The zero-order chi connectivity index (χ0) is 28.6. The standard InChI is InChI=1S/C26H43ClF2N6O4S/c1-12-4-22(39-25(28)29)32-7-16(12)24(37)35-10-18-20(11-35)40-26(33-18)34-23(36)17-8-30-13(2)5-14(17)15-6-21(27)31-9-19(15)38-3/h12-22,25-26,30-33H,4-11H2,1-3H3,(H,34,36). The number of rotatable bonds is 7. The minimum Gasteiger partial charge on any atom is -0.380 e. The quantitative estimate of drug-likeness (QED) is 0.213. The SMILES string of the molecule is COC1CNC(Cl)CC1C1CC(C)NCC1C(=O)NC1NC2CN(C(=O)C3CNC(OC(F)F)CC3C)CC2S1. The van der Waals surface area contributed by atoms with Crippen LogP contribution in [0, 0.1) is 29.6 Å². The first-order valence-electron chi connectivity index (χ1n) is 14.4. The number of likely N-dealkylation sites (tertiary alicyclic amines) is 1. The molecule has 12 unspecified atom stereocenters. The Labute approximate surface area is 244 Å². The molecule has 14 heteroatoms. The highest BCUT2D eigenvalue weighted by molar-refractivity contribution is 8.00. The number of carbonyl (C=O) groups is 2. The number of hydrogen-bond donors (Lipinski definition) is 5. The predicted molar refractivity (Wildman–Crippen MR) is 149 cm³/mol. The molecule has 228 valence electrons. The lowest BCUT2D eigenvalue weighted by Gasteiger charge is -2.45. The second kappa shape index (κ2) is 13.2. The number of carbonyl (C=O) groups excluding carboxylic acids is 2. The van der Waals surface area contributed by atoms with Crippen molar-refractivity contribution in [1.82, 2.24) is 31.5 Å². The van der Waals surface area contributed by atoms with Crippen LogP contribution in [0.15, 0.2) is 0 Å². The first kappa shape index (κ1) is 30.7. The number of methoxy groups -OCH3 is 1. The Morgan fingerprint density at radius 1 is 1.02 bits per heavy atom. The molecule has 5 aliphatic rings. The van der Waals surface area contributed by atoms with Crippen molar-refractivity contribution in [2.45, 2.75) is 80.4 Å². The molecule has 0 aliphatic carbocycles. The fraction of sp³-hybridized carbons (Fsp3) is 0.923. The van der Waals surface area contributed by atoms with Crippen molar-refractivity contribution in [2.24, 2.45) is 29.6 Å². The number of halogens is 3. The van der Waals surface area contributed by atoms with E-state index < -0.39 is 12.8 Å². The van der Waals surface area contributed by atoms with Crippen LogP contribution in [0.25, 0.3) is 0 Å². The van der Waals surface area contributed by atoms with E-state index >= 15 is 0 Å². The molecule has 10 nitrogen and oxygen atoms in total. The van der Waals surface area contributed by atoms with Crippen LogP contribution in [0.2, 0.25) is 0 Å². The average molecular weight is 609 g/mol. The normalized spacial score (nSPS) is 44.0. The fourth-order valence-corrected chi connectivity index (χ4v) is 8.99. The topological polar surface area (TPSA) is 116 Å². The number of amides is 2. The molecule has 5 aliphatic heterocycles. The van der Waals surface area contributed by atoms with E-state index in [1.165, 1.54) is 0 Å². The maximum Gasteiger partial charge on any atom is 0.346 e. The van der Waals surface area contributed by atoms with Gasteiger partial charge in [0.2, 0.25) is 11.8 Å². The molecule has 2 amide bonds. The lowest BCUT2D eigenvalue weighted by molar-refractivity contribution is -0.183. The van der Waals surface area contributed by atoms with Gasteiger partial charge in [0, 0.05) is 57.2 Å². The summed E-state index contributed by atoms with van der Waals surface area (Å²) in [6.07, 6.45) is 1.32. The number of fused-ring (bicyclic) bond motifs is 1. The van der Waals surface area contributed by atoms with Crippen LogP contribution >= 0.6 is 23.4 Å². The molecule has 0 aromatic carbocycles. The summed E-state index contributed by atoms with van der Waals surface area (Å²) >= 11 is 8.12. The van der Waals surface area contributed by atoms with Crippen molar-refractivity contribution in [2.75, 3.05) is 39.8 Å². The zero-order valence-corrected chi connectivity index (χ0v) is 24.9. The maximum atomic E-state index is 13.6. The second-order valence-electron chi connectivity index (χ2n) is 12.1. The molecule has 5 heterocycles. The van der Waals surface area contributed by atoms with Gasteiger partial charge in [-0.2, -0.15) is 8.78 Å². The monoisotopic (exact) mass is 608 g/mol. The minimum atomic E-state index is -2.83. The molecular formula is C26H43ClF2N6O4S. The summed E-state index contributed by atoms with van der Waals surface area (Å²) < 4.78 is 35.5. The third-order valence-corrected chi connectivity index (χ3v) is 11.2. The fourth-order valence-electron chi connectivity index (χ4n) is 7.28. The van der Waals surface area contributed by atoms with E-state index in [1.54, 1.807) is 18.9 Å². The Balaban J connectivity index is 1.13. The van der Waals surface area contributed by atoms with Gasteiger partial charge >= 0.3 is 6.61 Å². The largest absolute Gasteiger partial charge is 0.380 e. The third kappa shape index (κ3) is 6.88. The highest BCUT2D eigenvalue weighted by atomic mass is 35.5. The molecule has 5 rings (SSSR count). The summed E-state index contributed by atoms with van der Waals surface area (Å²) in [5.74, 6) is -0.0632. The number of alkyl halides is 3. The van der Waals surface area contributed by atoms with Gasteiger partial charge in [0.25, 0.3) is 0 Å². The average Bonchev–Trinajstić information content (AvgIpc) is 3.47. The van der Waals surface area contributed by atoms with Gasteiger partial charge in [-0.15, -0.1) is 23.4 Å². The summed E-state index contributed by atoms with van der Waals surface area (Å²) in [7, 11) is 1.73. The number of ether oxygens (including phenoxy) is 2. The predicted octanol–water partition coefficient (Wildman–Crippen LogP) is 0.917. The molecule has 0 aromatic heterocycles. The lowest BCUT2D eigenvalue weighted by Crippen LogP contribution is -2.57. The van der Waals surface area contributed by atoms with E-state index in [-0.39, 0.29) is 69.8 Å². The third-order valence-electron chi connectivity index (χ3n) is 9.47. The Morgan fingerprint density at radius 2 is 1.80 bits per heavy atom. The molecule has 0 aromatic rings. The summed E-state index contributed by atoms with van der Waals surface area (Å²) in [5, 5.41) is 16.6. The number of nitrogens with zero attached hydrogens (tertiary/aromatic N) is 1. The summed E-state index contributed by atoms with van der Waals surface area (Å²) in [4.78, 5) is 28.8. The van der Waals surface area contributed by atoms with Crippen molar-refractivity contribution < 1.29 is 27.8 Å². The van der Waals surface area contributed by atoms with Gasteiger partial charge in [0.05, 0.1) is 23.4 Å². The Bertz CT molecular complexity index is 899. The van der Waals surface area contributed by atoms with Crippen LogP contribution in [0.5, 0.6) is 0 Å². The van der Waals surface area contributed by atoms with Crippen molar-refractivity contribution in [3.05, 3.63) is 0 Å². The second-order valence-corrected chi connectivity index (χ2v) is 13.9. The first-order valence-corrected chi connectivity index (χ1v) is 15.8. The highest BCUT2D eigenvalue weighted by Gasteiger charge is 2.48. The van der Waals surface area contributed by atoms with Crippen molar-refractivity contribution in [3.63, 3.8) is 0 Å². The van der Waals surface area contributed by atoms with E-state index in [0.717, 1.165) is 12.8 Å². The van der Waals surface area contributed by atoms with Crippen LogP contribution in [-0.2, 0) is 19.1 Å². The molecule has 12 atom stereocenters. The number of thioether (sulfide) groups is 1. The zero-order valence-electron chi connectivity index (χ0n) is 23.3. The van der Waals surface area contributed by atoms with Gasteiger partial charge < -0.3 is 25.0 Å². The summed E-state index contributed by atoms with van der Waals surface area (Å²) in [6.45, 7) is 4.03. The van der Waals surface area contributed by atoms with Crippen LogP contribution in [0.3, 0.4) is 0 Å². The smallest absolute Gasteiger partial charge is 0.346 e. The van der Waals surface area contributed by atoms with E-state index in [9.17, 15) is 18.4 Å². The Kier molecular flexibility index (Phi) is 10.1. The van der Waals surface area contributed by atoms with Gasteiger partial charge in [-0.05, 0) is 43.9 Å². The van der Waals surface area contributed by atoms with Crippen LogP contribution in [0.1, 0.15) is 33.1 Å². The molecule has 40 heavy (non-hydrogen) atoms. The Morgan fingerprint density at radius 3 is 2.50 bits per heavy atom. The van der Waals surface area contributed by atoms with Crippen molar-refractivity contribution in [1.29, 1.82) is 0 Å². The molecule has 5 saturated heterocycles. The molecule has 0 bridgehead atoms. The van der Waals surface area contributed by atoms with Gasteiger partial charge in [-0.3, -0.25) is 25.5 Å². The van der Waals surface area contributed by atoms with E-state index in [4.69, 9.17) is 16.3 Å².